The van der Waals surface area contributed by atoms with Gasteiger partial charge in [0.2, 0.25) is 23.8 Å². The molecule has 0 spiro atoms. The molecule has 54 heavy (non-hydrogen) atoms. The third kappa shape index (κ3) is 8.54. The van der Waals surface area contributed by atoms with Crippen molar-refractivity contribution in [3.05, 3.63) is 70.9 Å². The fraction of sp³-hybridized carbons (Fsp3) is 0.459. The smallest absolute Gasteiger partial charge is 0.333 e. The monoisotopic (exact) mass is 760 g/mol. The standard InChI is InChI=1S/C37H44O17/c1-5-37(4,48)12-6-7-16(2)34(47)53-33-29(45)25(41)17(3)49-36(33)50-20-13-21(40)24-22(14-20)51-31(18-8-10-19(39)11-9-18)32(27(24)43)54-35-30(46)28(44)26(42)23(15-38)52-35/h5,7-11,13-14,17,23,25-26,28-30,33,35-36,38-42,44-46,48H,1,6,12,15H2,2-4H3. The first-order valence-corrected chi connectivity index (χ1v) is 17.0. The van der Waals surface area contributed by atoms with Crippen LogP contribution in [0.5, 0.6) is 23.0 Å². The van der Waals surface area contributed by atoms with Gasteiger partial charge < -0.3 is 74.1 Å². The van der Waals surface area contributed by atoms with Crippen LogP contribution in [0.1, 0.15) is 33.6 Å². The minimum absolute atomic E-state index is 0.127. The average Bonchev–Trinajstić information content (AvgIpc) is 3.13. The van der Waals surface area contributed by atoms with Crippen LogP contribution >= 0.6 is 0 Å². The number of fused-ring (bicyclic) bond motifs is 1. The number of allylic oxidation sites excluding steroid dienone is 1. The highest BCUT2D eigenvalue weighted by Gasteiger charge is 2.47. The summed E-state index contributed by atoms with van der Waals surface area (Å²) in [5, 5.41) is 92.9. The van der Waals surface area contributed by atoms with E-state index in [0.29, 0.717) is 0 Å². The van der Waals surface area contributed by atoms with Crippen LogP contribution < -0.4 is 14.9 Å². The minimum Gasteiger partial charge on any atom is -0.508 e. The zero-order chi connectivity index (χ0) is 39.6. The molecule has 3 aromatic rings. The van der Waals surface area contributed by atoms with Gasteiger partial charge >= 0.3 is 5.97 Å². The summed E-state index contributed by atoms with van der Waals surface area (Å²) in [5.41, 5.74) is -2.16. The number of aliphatic hydroxyl groups is 7. The summed E-state index contributed by atoms with van der Waals surface area (Å²) in [6, 6.07) is 7.45. The van der Waals surface area contributed by atoms with E-state index in [1.165, 1.54) is 56.3 Å². The van der Waals surface area contributed by atoms with Crippen molar-refractivity contribution in [2.45, 2.75) is 101 Å². The summed E-state index contributed by atoms with van der Waals surface area (Å²) in [7, 11) is 0. The van der Waals surface area contributed by atoms with E-state index in [2.05, 4.69) is 6.58 Å². The van der Waals surface area contributed by atoms with Gasteiger partial charge in [0.1, 0.15) is 64.8 Å². The summed E-state index contributed by atoms with van der Waals surface area (Å²) in [4.78, 5) is 27.0. The molecule has 0 radical (unpaired) electrons. The van der Waals surface area contributed by atoms with Crippen LogP contribution in [-0.2, 0) is 19.0 Å². The van der Waals surface area contributed by atoms with E-state index >= 15 is 0 Å². The number of phenols is 2. The molecule has 0 amide bonds. The lowest BCUT2D eigenvalue weighted by Crippen LogP contribution is -2.60. The quantitative estimate of drug-likeness (QED) is 0.0689. The van der Waals surface area contributed by atoms with Crippen LogP contribution in [0.15, 0.2) is 69.9 Å². The number of carbonyl (C=O) groups is 1. The molecule has 0 aliphatic carbocycles. The van der Waals surface area contributed by atoms with Crippen molar-refractivity contribution in [1.82, 2.24) is 0 Å². The molecular formula is C37H44O17. The second-order valence-electron chi connectivity index (χ2n) is 13.4. The maximum absolute atomic E-state index is 14.0. The highest BCUT2D eigenvalue weighted by atomic mass is 16.7. The van der Waals surface area contributed by atoms with Crippen LogP contribution in [-0.4, -0.2) is 126 Å². The summed E-state index contributed by atoms with van der Waals surface area (Å²) >= 11 is 0. The number of carbonyl (C=O) groups excluding carboxylic acids is 1. The highest BCUT2D eigenvalue weighted by Crippen LogP contribution is 2.39. The van der Waals surface area contributed by atoms with Crippen molar-refractivity contribution in [2.24, 2.45) is 0 Å². The number of esters is 1. The van der Waals surface area contributed by atoms with Gasteiger partial charge in [0.25, 0.3) is 0 Å². The molecule has 2 fully saturated rings. The Kier molecular flexibility index (Phi) is 12.4. The number of aliphatic hydroxyl groups excluding tert-OH is 6. The molecule has 9 N–H and O–H groups in total. The van der Waals surface area contributed by atoms with Gasteiger partial charge in [-0.25, -0.2) is 4.79 Å². The first-order chi connectivity index (χ1) is 25.5. The number of hydrogen-bond donors (Lipinski definition) is 9. The van der Waals surface area contributed by atoms with E-state index in [4.69, 9.17) is 28.1 Å². The zero-order valence-corrected chi connectivity index (χ0v) is 29.5. The Morgan fingerprint density at radius 1 is 0.944 bits per heavy atom. The van der Waals surface area contributed by atoms with Gasteiger partial charge in [-0.3, -0.25) is 4.79 Å². The number of phenolic OH excluding ortho intramolecular Hbond substituents is 2. The van der Waals surface area contributed by atoms with Crippen LogP contribution in [0.4, 0.5) is 0 Å². The van der Waals surface area contributed by atoms with Gasteiger partial charge in [0.15, 0.2) is 11.9 Å². The molecule has 0 saturated carbocycles. The molecule has 17 heteroatoms. The average molecular weight is 761 g/mol. The maximum atomic E-state index is 14.0. The van der Waals surface area contributed by atoms with E-state index < -0.39 is 102 Å². The van der Waals surface area contributed by atoms with Crippen molar-refractivity contribution in [2.75, 3.05) is 6.61 Å². The second-order valence-corrected chi connectivity index (χ2v) is 13.4. The van der Waals surface area contributed by atoms with Gasteiger partial charge in [-0.05, 0) is 57.9 Å². The molecule has 2 aromatic carbocycles. The van der Waals surface area contributed by atoms with Gasteiger partial charge in [-0.2, -0.15) is 0 Å². The zero-order valence-electron chi connectivity index (χ0n) is 29.5. The number of rotatable bonds is 12. The Balaban J connectivity index is 1.50. The SMILES string of the molecule is C=CC(C)(O)CCC=C(C)C(=O)OC1C(Oc2cc(O)c3c(=O)c(OC4OC(CO)C(O)C(O)C4O)c(-c4ccc(O)cc4)oc3c2)OC(C)C(O)C1O. The summed E-state index contributed by atoms with van der Waals surface area (Å²) < 4.78 is 34.4. The molecule has 3 heterocycles. The van der Waals surface area contributed by atoms with Crippen LogP contribution in [0, 0.1) is 0 Å². The van der Waals surface area contributed by atoms with E-state index in [9.17, 15) is 55.5 Å². The Morgan fingerprint density at radius 2 is 1.63 bits per heavy atom. The van der Waals surface area contributed by atoms with Crippen molar-refractivity contribution >= 4 is 16.9 Å². The van der Waals surface area contributed by atoms with E-state index in [1.807, 2.05) is 0 Å². The molecule has 2 aliphatic heterocycles. The van der Waals surface area contributed by atoms with Gasteiger partial charge in [0, 0.05) is 23.3 Å². The molecule has 2 saturated heterocycles. The van der Waals surface area contributed by atoms with E-state index in [0.717, 1.165) is 6.07 Å². The molecule has 294 valence electrons. The topological polar surface area (TPSA) is 275 Å². The Bertz CT molecular complexity index is 1900. The molecule has 17 nitrogen and oxygen atoms in total. The lowest BCUT2D eigenvalue weighted by molar-refractivity contribution is -0.277. The molecule has 5 rings (SSSR count). The number of hydrogen-bond acceptors (Lipinski definition) is 17. The van der Waals surface area contributed by atoms with Gasteiger partial charge in [0.05, 0.1) is 18.3 Å². The van der Waals surface area contributed by atoms with E-state index in [-0.39, 0.29) is 46.8 Å². The third-order valence-electron chi connectivity index (χ3n) is 9.26. The van der Waals surface area contributed by atoms with Crippen molar-refractivity contribution < 1.29 is 78.9 Å². The second kappa shape index (κ2) is 16.4. The summed E-state index contributed by atoms with van der Waals surface area (Å²) in [6.45, 7) is 7.25. The normalized spacial score (nSPS) is 30.0. The van der Waals surface area contributed by atoms with Crippen molar-refractivity contribution in [3.8, 4) is 34.3 Å². The van der Waals surface area contributed by atoms with Crippen molar-refractivity contribution in [3.63, 3.8) is 0 Å². The lowest BCUT2D eigenvalue weighted by Gasteiger charge is -2.40. The number of aromatic hydroxyl groups is 2. The fourth-order valence-corrected chi connectivity index (χ4v) is 5.86. The molecule has 0 bridgehead atoms. The Morgan fingerprint density at radius 3 is 2.28 bits per heavy atom. The minimum atomic E-state index is -1.91. The number of benzene rings is 2. The van der Waals surface area contributed by atoms with Gasteiger partial charge in [-0.1, -0.05) is 12.2 Å². The first kappa shape index (κ1) is 40.6. The fourth-order valence-electron chi connectivity index (χ4n) is 5.86. The number of ether oxygens (including phenoxy) is 5. The van der Waals surface area contributed by atoms with Crippen LogP contribution in [0.2, 0.25) is 0 Å². The van der Waals surface area contributed by atoms with Gasteiger partial charge in [-0.15, -0.1) is 6.58 Å². The van der Waals surface area contributed by atoms with Crippen molar-refractivity contribution in [1.29, 1.82) is 0 Å². The molecule has 11 unspecified atom stereocenters. The lowest BCUT2D eigenvalue weighted by atomic mass is 9.99. The van der Waals surface area contributed by atoms with E-state index in [1.54, 1.807) is 6.92 Å². The predicted molar refractivity (Wildman–Crippen MR) is 186 cm³/mol. The summed E-state index contributed by atoms with van der Waals surface area (Å²) in [5.74, 6) is -2.85. The summed E-state index contributed by atoms with van der Waals surface area (Å²) in [6.07, 6.45) is -12.6. The highest BCUT2D eigenvalue weighted by molar-refractivity contribution is 5.89. The van der Waals surface area contributed by atoms with Crippen LogP contribution in [0.25, 0.3) is 22.3 Å². The molecular weight excluding hydrogens is 716 g/mol. The maximum Gasteiger partial charge on any atom is 0.333 e. The Hall–Kier alpha value is -4.56. The largest absolute Gasteiger partial charge is 0.508 e. The first-order valence-electron chi connectivity index (χ1n) is 17.0. The Labute approximate surface area is 308 Å². The predicted octanol–water partition coefficient (Wildman–Crippen LogP) is 0.471. The van der Waals surface area contributed by atoms with Crippen LogP contribution in [0.3, 0.4) is 0 Å². The molecule has 11 atom stereocenters. The molecule has 1 aromatic heterocycles. The third-order valence-corrected chi connectivity index (χ3v) is 9.26. The molecule has 2 aliphatic rings.